The third kappa shape index (κ3) is 3.34. The van der Waals surface area contributed by atoms with Gasteiger partial charge in [0.2, 0.25) is 0 Å². The zero-order chi connectivity index (χ0) is 15.7. The number of carbonyl (C=O) groups excluding carboxylic acids is 1. The van der Waals surface area contributed by atoms with Crippen molar-refractivity contribution in [2.24, 2.45) is 0 Å². The van der Waals surface area contributed by atoms with Gasteiger partial charge in [0.05, 0.1) is 11.2 Å². The Labute approximate surface area is 127 Å². The van der Waals surface area contributed by atoms with Crippen LogP contribution >= 0.6 is 11.3 Å². The summed E-state index contributed by atoms with van der Waals surface area (Å²) >= 11 is 1.41. The molecule has 0 saturated carbocycles. The van der Waals surface area contributed by atoms with Crippen molar-refractivity contribution in [2.45, 2.75) is 51.2 Å². The number of hydrogen-bond donors (Lipinski definition) is 1. The zero-order valence-electron chi connectivity index (χ0n) is 12.5. The highest BCUT2D eigenvalue weighted by molar-refractivity contribution is 7.07. The van der Waals surface area contributed by atoms with Gasteiger partial charge in [-0.1, -0.05) is 0 Å². The molecule has 21 heavy (non-hydrogen) atoms. The Morgan fingerprint density at radius 1 is 1.52 bits per heavy atom. The van der Waals surface area contributed by atoms with Crippen molar-refractivity contribution < 1.29 is 19.4 Å². The topological polar surface area (TPSA) is 79.7 Å². The van der Waals surface area contributed by atoms with Gasteiger partial charge in [-0.3, -0.25) is 4.90 Å². The van der Waals surface area contributed by atoms with Crippen molar-refractivity contribution in [1.29, 1.82) is 0 Å². The minimum Gasteiger partial charge on any atom is -0.479 e. The maximum absolute atomic E-state index is 12.3. The summed E-state index contributed by atoms with van der Waals surface area (Å²) in [7, 11) is 0. The number of aliphatic carboxylic acids is 1. The fraction of sp³-hybridized carbons (Fsp3) is 0.643. The molecule has 1 fully saturated rings. The smallest absolute Gasteiger partial charge is 0.411 e. The third-order valence-corrected chi connectivity index (χ3v) is 4.09. The molecule has 1 aromatic rings. The normalized spacial score (nSPS) is 22.3. The average Bonchev–Trinajstić information content (AvgIpc) is 2.96. The van der Waals surface area contributed by atoms with Crippen LogP contribution in [0.1, 0.15) is 39.3 Å². The van der Waals surface area contributed by atoms with Crippen LogP contribution < -0.4 is 0 Å². The van der Waals surface area contributed by atoms with E-state index in [1.165, 1.54) is 16.2 Å². The van der Waals surface area contributed by atoms with E-state index in [-0.39, 0.29) is 6.42 Å². The van der Waals surface area contributed by atoms with Gasteiger partial charge in [-0.15, -0.1) is 11.3 Å². The van der Waals surface area contributed by atoms with E-state index in [1.807, 2.05) is 5.38 Å². The Morgan fingerprint density at radius 3 is 2.76 bits per heavy atom. The highest BCUT2D eigenvalue weighted by Crippen LogP contribution is 2.34. The van der Waals surface area contributed by atoms with Crippen molar-refractivity contribution in [2.75, 3.05) is 6.54 Å². The van der Waals surface area contributed by atoms with Crippen molar-refractivity contribution in [1.82, 2.24) is 9.88 Å². The SMILES string of the molecule is CC(C)(C)OC(=O)N1CCC[C@]1(Cc1cscn1)C(=O)O. The predicted octanol–water partition coefficient (Wildman–Crippen LogP) is 2.54. The van der Waals surface area contributed by atoms with Gasteiger partial charge in [0, 0.05) is 18.3 Å². The molecule has 1 aliphatic heterocycles. The predicted molar refractivity (Wildman–Crippen MR) is 78.4 cm³/mol. The Kier molecular flexibility index (Phi) is 4.22. The van der Waals surface area contributed by atoms with E-state index in [9.17, 15) is 14.7 Å². The van der Waals surface area contributed by atoms with E-state index in [0.717, 1.165) is 0 Å². The number of amides is 1. The summed E-state index contributed by atoms with van der Waals surface area (Å²) in [5, 5.41) is 11.5. The summed E-state index contributed by atoms with van der Waals surface area (Å²) in [6.07, 6.45) is 0.706. The van der Waals surface area contributed by atoms with Gasteiger partial charge >= 0.3 is 12.1 Å². The highest BCUT2D eigenvalue weighted by Gasteiger charge is 2.51. The fourth-order valence-electron chi connectivity index (χ4n) is 2.57. The molecule has 0 spiro atoms. The van der Waals surface area contributed by atoms with Gasteiger partial charge in [0.15, 0.2) is 0 Å². The lowest BCUT2D eigenvalue weighted by atomic mass is 9.91. The van der Waals surface area contributed by atoms with Crippen LogP contribution in [0.25, 0.3) is 0 Å². The molecule has 0 aliphatic carbocycles. The number of hydrogen-bond acceptors (Lipinski definition) is 5. The molecule has 1 atom stereocenters. The van der Waals surface area contributed by atoms with Crippen LogP contribution in [0.3, 0.4) is 0 Å². The molecule has 6 nitrogen and oxygen atoms in total. The van der Waals surface area contributed by atoms with Gasteiger partial charge in [0.25, 0.3) is 0 Å². The Morgan fingerprint density at radius 2 is 2.24 bits per heavy atom. The minimum absolute atomic E-state index is 0.213. The molecule has 0 radical (unpaired) electrons. The van der Waals surface area contributed by atoms with Gasteiger partial charge in [-0.25, -0.2) is 14.6 Å². The Bertz CT molecular complexity index is 524. The quantitative estimate of drug-likeness (QED) is 0.927. The van der Waals surface area contributed by atoms with Gasteiger partial charge in [-0.2, -0.15) is 0 Å². The number of rotatable bonds is 3. The van der Waals surface area contributed by atoms with Crippen molar-refractivity contribution in [3.63, 3.8) is 0 Å². The molecule has 7 heteroatoms. The van der Waals surface area contributed by atoms with E-state index in [0.29, 0.717) is 25.1 Å². The highest BCUT2D eigenvalue weighted by atomic mass is 32.1. The van der Waals surface area contributed by atoms with E-state index in [1.54, 1.807) is 26.3 Å². The Balaban J connectivity index is 2.26. The standard InChI is InChI=1S/C14H20N2O4S/c1-13(2,3)20-12(19)16-6-4-5-14(16,11(17)18)7-10-8-21-9-15-10/h8-9H,4-7H2,1-3H3,(H,17,18)/t14-/m0/s1. The molecule has 2 heterocycles. The number of carbonyl (C=O) groups is 2. The van der Waals surface area contributed by atoms with Crippen molar-refractivity contribution >= 4 is 23.4 Å². The van der Waals surface area contributed by atoms with Crippen LogP contribution in [-0.2, 0) is 16.0 Å². The molecule has 0 bridgehead atoms. The summed E-state index contributed by atoms with van der Waals surface area (Å²) in [5.74, 6) is -1.00. The van der Waals surface area contributed by atoms with Crippen molar-refractivity contribution in [3.8, 4) is 0 Å². The number of aromatic nitrogens is 1. The van der Waals surface area contributed by atoms with Crippen LogP contribution in [0.4, 0.5) is 4.79 Å². The lowest BCUT2D eigenvalue weighted by molar-refractivity contribution is -0.149. The number of likely N-dealkylation sites (tertiary alicyclic amines) is 1. The fourth-order valence-corrected chi connectivity index (χ4v) is 3.13. The monoisotopic (exact) mass is 312 g/mol. The summed E-state index contributed by atoms with van der Waals surface area (Å²) in [4.78, 5) is 29.7. The van der Waals surface area contributed by atoms with E-state index in [4.69, 9.17) is 4.74 Å². The molecule has 1 aliphatic rings. The molecule has 0 unspecified atom stereocenters. The van der Waals surface area contributed by atoms with Crippen LogP contribution in [-0.4, -0.2) is 44.7 Å². The van der Waals surface area contributed by atoms with Gasteiger partial charge < -0.3 is 9.84 Å². The summed E-state index contributed by atoms with van der Waals surface area (Å²) in [6.45, 7) is 5.70. The molecular weight excluding hydrogens is 292 g/mol. The molecule has 116 valence electrons. The second-order valence-corrected chi connectivity index (χ2v) is 6.95. The van der Waals surface area contributed by atoms with Crippen LogP contribution in [0.5, 0.6) is 0 Å². The van der Waals surface area contributed by atoms with Gasteiger partial charge in [-0.05, 0) is 33.6 Å². The number of thiazole rings is 1. The average molecular weight is 312 g/mol. The molecule has 1 N–H and O–H groups in total. The van der Waals surface area contributed by atoms with E-state index in [2.05, 4.69) is 4.98 Å². The van der Waals surface area contributed by atoms with E-state index < -0.39 is 23.2 Å². The maximum atomic E-state index is 12.3. The summed E-state index contributed by atoms with van der Waals surface area (Å²) in [5.41, 5.74) is 0.455. The number of carboxylic acid groups (broad SMARTS) is 1. The molecule has 1 saturated heterocycles. The lowest BCUT2D eigenvalue weighted by Crippen LogP contribution is -2.55. The first kappa shape index (κ1) is 15.8. The summed E-state index contributed by atoms with van der Waals surface area (Å²) in [6, 6.07) is 0. The third-order valence-electron chi connectivity index (χ3n) is 3.46. The first-order valence-electron chi connectivity index (χ1n) is 6.86. The van der Waals surface area contributed by atoms with Crippen LogP contribution in [0.2, 0.25) is 0 Å². The van der Waals surface area contributed by atoms with Crippen LogP contribution in [0.15, 0.2) is 10.9 Å². The Hall–Kier alpha value is -1.63. The first-order chi connectivity index (χ1) is 9.74. The summed E-state index contributed by atoms with van der Waals surface area (Å²) < 4.78 is 5.35. The number of ether oxygens (including phenoxy) is 1. The van der Waals surface area contributed by atoms with Gasteiger partial charge in [0.1, 0.15) is 11.1 Å². The van der Waals surface area contributed by atoms with Crippen LogP contribution in [0, 0.1) is 0 Å². The molecular formula is C14H20N2O4S. The second-order valence-electron chi connectivity index (χ2n) is 6.23. The molecule has 1 aromatic heterocycles. The molecule has 2 rings (SSSR count). The zero-order valence-corrected chi connectivity index (χ0v) is 13.3. The van der Waals surface area contributed by atoms with Crippen molar-refractivity contribution in [3.05, 3.63) is 16.6 Å². The van der Waals surface area contributed by atoms with E-state index >= 15 is 0 Å². The maximum Gasteiger partial charge on any atom is 0.411 e. The number of nitrogens with zero attached hydrogens (tertiary/aromatic N) is 2. The lowest BCUT2D eigenvalue weighted by Gasteiger charge is -2.35. The number of carboxylic acids is 1. The second kappa shape index (κ2) is 5.63. The molecule has 0 aromatic carbocycles. The minimum atomic E-state index is -1.25. The first-order valence-corrected chi connectivity index (χ1v) is 7.80. The molecule has 1 amide bonds. The largest absolute Gasteiger partial charge is 0.479 e.